The minimum atomic E-state index is -3.37. The molecule has 13 nitrogen and oxygen atoms in total. The molecule has 3 aromatic carbocycles. The van der Waals surface area contributed by atoms with Crippen LogP contribution in [-0.4, -0.2) is 76.2 Å². The average molecular weight is 805 g/mol. The highest BCUT2D eigenvalue weighted by molar-refractivity contribution is 8.03. The van der Waals surface area contributed by atoms with Gasteiger partial charge in [-0.1, -0.05) is 112 Å². The molecule has 7 rings (SSSR count). The van der Waals surface area contributed by atoms with Crippen molar-refractivity contribution in [3.05, 3.63) is 142 Å². The number of nitrogens with one attached hydrogen (secondary N) is 2. The van der Waals surface area contributed by atoms with Crippen molar-refractivity contribution in [1.29, 1.82) is 0 Å². The number of oxime groups is 1. The Hall–Kier alpha value is -5.50. The molecule has 54 heavy (non-hydrogen) atoms. The van der Waals surface area contributed by atoms with Gasteiger partial charge in [0.15, 0.2) is 0 Å². The Morgan fingerprint density at radius 3 is 2.19 bits per heavy atom. The van der Waals surface area contributed by atoms with Crippen LogP contribution in [0.5, 0.6) is 0 Å². The number of nitrogens with zero attached hydrogens (tertiary/aromatic N) is 6. The zero-order chi connectivity index (χ0) is 37.7. The number of thioether (sulfide) groups is 2. The number of carboxylic acid groups (broad SMARTS) is 1. The van der Waals surface area contributed by atoms with Crippen molar-refractivity contribution in [1.82, 2.24) is 29.2 Å². The lowest BCUT2D eigenvalue weighted by Crippen LogP contribution is -2.71. The predicted octanol–water partition coefficient (Wildman–Crippen LogP) is 5.78. The molecule has 5 aromatic rings. The lowest BCUT2D eigenvalue weighted by molar-refractivity contribution is -0.150. The summed E-state index contributed by atoms with van der Waals surface area (Å²) < 4.78 is 35.4. The molecule has 0 bridgehead atoms. The van der Waals surface area contributed by atoms with E-state index in [9.17, 15) is 28.3 Å². The van der Waals surface area contributed by atoms with Gasteiger partial charge in [0.05, 0.1) is 6.20 Å². The second-order valence-corrected chi connectivity index (χ2v) is 15.2. The SMILES string of the molecule is O=C(O)C1=C(/C=C/Sc2cnns2)CS[C@@H]2[C@H](NC(=O)C(=NOC(F)F)c3nsc(NC(c4ccccc4)(c4ccccc4)c4ccccc4)n3)C(=O)N12. The maximum absolute atomic E-state index is 13.7. The Morgan fingerprint density at radius 2 is 1.63 bits per heavy atom. The minimum Gasteiger partial charge on any atom is -0.477 e. The van der Waals surface area contributed by atoms with Gasteiger partial charge in [-0.2, -0.15) is 18.1 Å². The van der Waals surface area contributed by atoms with Gasteiger partial charge in [0, 0.05) is 17.3 Å². The van der Waals surface area contributed by atoms with Crippen LogP contribution in [0.1, 0.15) is 22.5 Å². The first-order valence-corrected chi connectivity index (χ1v) is 19.4. The fourth-order valence-corrected chi connectivity index (χ4v) is 9.09. The standard InChI is InChI=1S/C35H26F2N8O5S4/c36-33(37)50-42-25(29(46)39-26-30(47)45-27(32(48)49)20(19-52-31(26)45)16-17-51-24-18-38-44-53-24)28-40-34(54-43-28)41-35(21-10-4-1-5-11-21,22-12-6-2-7-13-22)23-14-8-3-9-15-23/h1-18,26,31,33H,19H2,(H,39,46)(H,48,49)(H,40,41,43)/b17-16+,42-25?/t26-,31-/m1/s1. The Bertz CT molecular complexity index is 2130. The molecule has 0 unspecified atom stereocenters. The number of anilines is 1. The lowest BCUT2D eigenvalue weighted by atomic mass is 9.77. The van der Waals surface area contributed by atoms with E-state index in [1.54, 1.807) is 17.7 Å². The van der Waals surface area contributed by atoms with Crippen LogP contribution in [0.3, 0.4) is 0 Å². The van der Waals surface area contributed by atoms with Crippen LogP contribution in [0.4, 0.5) is 13.9 Å². The number of hydrogen-bond acceptors (Lipinski definition) is 14. The Kier molecular flexibility index (Phi) is 11.1. The molecule has 19 heteroatoms. The number of β-lactam (4-membered cyclic amide) rings is 1. The summed E-state index contributed by atoms with van der Waals surface area (Å²) in [6.07, 6.45) is 3.17. The van der Waals surface area contributed by atoms with E-state index in [2.05, 4.69) is 39.6 Å². The number of amides is 2. The van der Waals surface area contributed by atoms with Crippen LogP contribution in [0.25, 0.3) is 0 Å². The zero-order valence-electron chi connectivity index (χ0n) is 27.5. The number of aliphatic carboxylic acids is 1. The van der Waals surface area contributed by atoms with Crippen molar-refractivity contribution in [2.75, 3.05) is 11.1 Å². The third-order valence-electron chi connectivity index (χ3n) is 8.27. The van der Waals surface area contributed by atoms with Gasteiger partial charge in [0.2, 0.25) is 16.7 Å². The fourth-order valence-electron chi connectivity index (χ4n) is 5.96. The summed E-state index contributed by atoms with van der Waals surface area (Å²) >= 11 is 4.57. The smallest absolute Gasteiger partial charge is 0.407 e. The van der Waals surface area contributed by atoms with Crippen molar-refractivity contribution in [2.24, 2.45) is 5.16 Å². The number of benzene rings is 3. The molecule has 2 atom stereocenters. The predicted molar refractivity (Wildman–Crippen MR) is 201 cm³/mol. The number of halogens is 2. The Balaban J connectivity index is 1.15. The van der Waals surface area contributed by atoms with Gasteiger partial charge >= 0.3 is 12.6 Å². The summed E-state index contributed by atoms with van der Waals surface area (Å²) in [6, 6.07) is 27.7. The van der Waals surface area contributed by atoms with E-state index >= 15 is 0 Å². The van der Waals surface area contributed by atoms with Gasteiger partial charge in [0.25, 0.3) is 11.8 Å². The van der Waals surface area contributed by atoms with Crippen LogP contribution < -0.4 is 10.6 Å². The maximum atomic E-state index is 13.7. The van der Waals surface area contributed by atoms with Crippen molar-refractivity contribution in [2.45, 2.75) is 27.8 Å². The molecule has 2 amide bonds. The zero-order valence-corrected chi connectivity index (χ0v) is 30.7. The third kappa shape index (κ3) is 7.47. The Morgan fingerprint density at radius 1 is 1.00 bits per heavy atom. The summed E-state index contributed by atoms with van der Waals surface area (Å²) in [5, 5.41) is 24.3. The van der Waals surface area contributed by atoms with E-state index in [4.69, 9.17) is 0 Å². The topological polar surface area (TPSA) is 172 Å². The van der Waals surface area contributed by atoms with Crippen molar-refractivity contribution < 1.29 is 33.1 Å². The van der Waals surface area contributed by atoms with Crippen molar-refractivity contribution in [3.8, 4) is 0 Å². The molecule has 4 heterocycles. The van der Waals surface area contributed by atoms with Gasteiger partial charge in [-0.25, -0.2) is 4.79 Å². The summed E-state index contributed by atoms with van der Waals surface area (Å²) in [4.78, 5) is 49.1. The van der Waals surface area contributed by atoms with Crippen LogP contribution in [0.2, 0.25) is 0 Å². The molecule has 0 radical (unpaired) electrons. The van der Waals surface area contributed by atoms with E-state index in [-0.39, 0.29) is 22.4 Å². The first-order chi connectivity index (χ1) is 26.3. The average Bonchev–Trinajstić information content (AvgIpc) is 3.89. The van der Waals surface area contributed by atoms with Crippen molar-refractivity contribution in [3.63, 3.8) is 0 Å². The highest BCUT2D eigenvalue weighted by Crippen LogP contribution is 2.42. The molecule has 0 saturated carbocycles. The number of carbonyl (C=O) groups excluding carboxylic acids is 2. The van der Waals surface area contributed by atoms with Crippen LogP contribution in [0, 0.1) is 0 Å². The molecule has 1 fully saturated rings. The first kappa shape index (κ1) is 36.8. The molecule has 0 spiro atoms. The largest absolute Gasteiger partial charge is 0.477 e. The highest BCUT2D eigenvalue weighted by atomic mass is 32.2. The van der Waals surface area contributed by atoms with Gasteiger partial charge in [-0.05, 0) is 45.3 Å². The van der Waals surface area contributed by atoms with Gasteiger partial charge in [-0.3, -0.25) is 14.5 Å². The molecule has 2 aromatic heterocycles. The lowest BCUT2D eigenvalue weighted by Gasteiger charge is -2.49. The minimum absolute atomic E-state index is 0.213. The van der Waals surface area contributed by atoms with Crippen LogP contribution >= 0.6 is 46.6 Å². The molecule has 2 aliphatic rings. The van der Waals surface area contributed by atoms with E-state index in [1.807, 2.05) is 91.0 Å². The van der Waals surface area contributed by atoms with E-state index in [0.717, 1.165) is 37.3 Å². The molecule has 1 saturated heterocycles. The number of hydrogen-bond donors (Lipinski definition) is 3. The van der Waals surface area contributed by atoms with E-state index in [1.165, 1.54) is 35.1 Å². The molecular formula is C35H26F2N8O5S4. The summed E-state index contributed by atoms with van der Waals surface area (Å²) in [6.45, 7) is -3.37. The second kappa shape index (κ2) is 16.3. The van der Waals surface area contributed by atoms with Gasteiger partial charge < -0.3 is 20.6 Å². The fraction of sp³-hybridized carbons (Fsp3) is 0.143. The summed E-state index contributed by atoms with van der Waals surface area (Å²) in [7, 11) is 0. The first-order valence-electron chi connectivity index (χ1n) is 15.9. The molecular weight excluding hydrogens is 779 g/mol. The molecule has 2 aliphatic heterocycles. The van der Waals surface area contributed by atoms with E-state index < -0.39 is 47.1 Å². The molecule has 274 valence electrons. The van der Waals surface area contributed by atoms with E-state index in [0.29, 0.717) is 5.57 Å². The number of fused-ring (bicyclic) bond motifs is 1. The molecule has 0 aliphatic carbocycles. The van der Waals surface area contributed by atoms with Gasteiger partial charge in [0.1, 0.15) is 26.9 Å². The number of carbonyl (C=O) groups is 3. The van der Waals surface area contributed by atoms with Crippen LogP contribution in [0.15, 0.2) is 129 Å². The summed E-state index contributed by atoms with van der Waals surface area (Å²) in [5.74, 6) is -3.22. The molecule has 3 N–H and O–H groups in total. The van der Waals surface area contributed by atoms with Crippen LogP contribution in [-0.2, 0) is 24.8 Å². The number of allylic oxidation sites excluding steroid dienone is 1. The number of alkyl halides is 2. The quantitative estimate of drug-likeness (QED) is 0.0407. The number of rotatable bonds is 14. The summed E-state index contributed by atoms with van der Waals surface area (Å²) in [5.41, 5.74) is 1.02. The maximum Gasteiger partial charge on any atom is 0.407 e. The third-order valence-corrected chi connectivity index (χ3v) is 11.8. The Labute approximate surface area is 322 Å². The monoisotopic (exact) mass is 804 g/mol. The number of aromatic nitrogens is 4. The second-order valence-electron chi connectivity index (χ2n) is 11.4. The highest BCUT2D eigenvalue weighted by Gasteiger charge is 2.54. The number of carboxylic acids is 1. The van der Waals surface area contributed by atoms with Gasteiger partial charge in [-0.15, -0.1) is 16.9 Å². The normalized spacial score (nSPS) is 17.4. The van der Waals surface area contributed by atoms with Crippen molar-refractivity contribution >= 4 is 75.2 Å².